The number of hydrogen-bond donors (Lipinski definition) is 3. The van der Waals surface area contributed by atoms with Crippen LogP contribution in [-0.2, 0) is 0 Å². The average Bonchev–Trinajstić information content (AvgIpc) is 1.35. The molecule has 0 aliphatic heterocycles. The SMILES string of the molecule is CC(C)(S)NN. The van der Waals surface area contributed by atoms with Crippen molar-refractivity contribution in [2.24, 2.45) is 5.84 Å². The van der Waals surface area contributed by atoms with Gasteiger partial charge in [-0.3, -0.25) is 5.84 Å². The summed E-state index contributed by atoms with van der Waals surface area (Å²) in [6.07, 6.45) is 0. The lowest BCUT2D eigenvalue weighted by Crippen LogP contribution is -2.38. The van der Waals surface area contributed by atoms with Crippen molar-refractivity contribution in [3.8, 4) is 0 Å². The van der Waals surface area contributed by atoms with E-state index in [1.54, 1.807) is 0 Å². The molecule has 0 amide bonds. The quantitative estimate of drug-likeness (QED) is 0.192. The Morgan fingerprint density at radius 1 is 1.67 bits per heavy atom. The van der Waals surface area contributed by atoms with E-state index in [1.807, 2.05) is 13.8 Å². The summed E-state index contributed by atoms with van der Waals surface area (Å²) in [4.78, 5) is -0.236. The minimum absolute atomic E-state index is 0.236. The van der Waals surface area contributed by atoms with Crippen LogP contribution in [0.2, 0.25) is 0 Å². The average molecular weight is 106 g/mol. The molecule has 0 aliphatic carbocycles. The highest BCUT2D eigenvalue weighted by Crippen LogP contribution is 2.02. The van der Waals surface area contributed by atoms with Gasteiger partial charge in [-0.15, -0.1) is 0 Å². The summed E-state index contributed by atoms with van der Waals surface area (Å²) in [5, 5.41) is 0. The fourth-order valence-electron chi connectivity index (χ4n) is 0. The molecule has 0 aliphatic rings. The summed E-state index contributed by atoms with van der Waals surface area (Å²) < 4.78 is 0. The van der Waals surface area contributed by atoms with Crippen molar-refractivity contribution < 1.29 is 0 Å². The molecule has 0 aromatic rings. The summed E-state index contributed by atoms with van der Waals surface area (Å²) in [7, 11) is 0. The van der Waals surface area contributed by atoms with E-state index >= 15 is 0 Å². The molecule has 0 fully saturated rings. The number of hydrogen-bond acceptors (Lipinski definition) is 3. The Kier molecular flexibility index (Phi) is 1.90. The van der Waals surface area contributed by atoms with Crippen molar-refractivity contribution in [2.45, 2.75) is 18.7 Å². The van der Waals surface area contributed by atoms with Gasteiger partial charge in [0.15, 0.2) is 0 Å². The Bertz CT molecular complexity index is 38.5. The first-order valence-electron chi connectivity index (χ1n) is 1.76. The fraction of sp³-hybridized carbons (Fsp3) is 1.00. The van der Waals surface area contributed by atoms with Gasteiger partial charge in [0.05, 0.1) is 4.87 Å². The highest BCUT2D eigenvalue weighted by Gasteiger charge is 2.04. The van der Waals surface area contributed by atoms with E-state index in [0.717, 1.165) is 0 Å². The van der Waals surface area contributed by atoms with Crippen LogP contribution in [0.4, 0.5) is 0 Å². The second-order valence-corrected chi connectivity index (χ2v) is 2.82. The molecular weight excluding hydrogens is 96.1 g/mol. The number of hydrazine groups is 1. The van der Waals surface area contributed by atoms with Gasteiger partial charge >= 0.3 is 0 Å². The van der Waals surface area contributed by atoms with Gasteiger partial charge in [-0.2, -0.15) is 12.6 Å². The highest BCUT2D eigenvalue weighted by atomic mass is 32.1. The topological polar surface area (TPSA) is 38.0 Å². The molecule has 0 heterocycles. The molecule has 0 aromatic carbocycles. The van der Waals surface area contributed by atoms with Crippen LogP contribution >= 0.6 is 12.6 Å². The maximum absolute atomic E-state index is 4.98. The lowest BCUT2D eigenvalue weighted by atomic mass is 10.4. The largest absolute Gasteiger partial charge is 0.270 e. The van der Waals surface area contributed by atoms with Crippen molar-refractivity contribution in [3.05, 3.63) is 0 Å². The predicted molar refractivity (Wildman–Crippen MR) is 30.4 cm³/mol. The van der Waals surface area contributed by atoms with Crippen molar-refractivity contribution >= 4 is 12.6 Å². The van der Waals surface area contributed by atoms with Gasteiger partial charge < -0.3 is 0 Å². The molecule has 38 valence electrons. The van der Waals surface area contributed by atoms with E-state index in [9.17, 15) is 0 Å². The summed E-state index contributed by atoms with van der Waals surface area (Å²) in [5.74, 6) is 4.98. The minimum Gasteiger partial charge on any atom is -0.270 e. The molecule has 0 spiro atoms. The van der Waals surface area contributed by atoms with Crippen LogP contribution in [0.5, 0.6) is 0 Å². The fourth-order valence-corrected chi connectivity index (χ4v) is 0. The molecule has 0 unspecified atom stereocenters. The lowest BCUT2D eigenvalue weighted by molar-refractivity contribution is 0.570. The van der Waals surface area contributed by atoms with Gasteiger partial charge in [0, 0.05) is 0 Å². The zero-order valence-corrected chi connectivity index (χ0v) is 4.92. The Labute approximate surface area is 43.5 Å². The van der Waals surface area contributed by atoms with Crippen LogP contribution in [0.3, 0.4) is 0 Å². The molecule has 0 aromatic heterocycles. The maximum Gasteiger partial charge on any atom is 0.0686 e. The van der Waals surface area contributed by atoms with E-state index in [0.29, 0.717) is 0 Å². The molecule has 0 atom stereocenters. The summed E-state index contributed by atoms with van der Waals surface area (Å²) in [6.45, 7) is 3.74. The smallest absolute Gasteiger partial charge is 0.0686 e. The van der Waals surface area contributed by atoms with E-state index < -0.39 is 0 Å². The minimum atomic E-state index is -0.236. The molecule has 0 saturated heterocycles. The third-order valence-corrected chi connectivity index (χ3v) is 0.482. The molecule has 0 rings (SSSR count). The first-order valence-corrected chi connectivity index (χ1v) is 2.21. The van der Waals surface area contributed by atoms with E-state index in [-0.39, 0.29) is 4.87 Å². The Morgan fingerprint density at radius 2 is 1.83 bits per heavy atom. The first-order chi connectivity index (χ1) is 2.56. The van der Waals surface area contributed by atoms with Gasteiger partial charge in [-0.1, -0.05) is 0 Å². The second kappa shape index (κ2) is 1.82. The highest BCUT2D eigenvalue weighted by molar-refractivity contribution is 7.81. The van der Waals surface area contributed by atoms with Gasteiger partial charge in [0.1, 0.15) is 0 Å². The van der Waals surface area contributed by atoms with Crippen molar-refractivity contribution in [1.82, 2.24) is 5.43 Å². The Hall–Kier alpha value is 0.270. The number of nitrogens with one attached hydrogen (secondary N) is 1. The van der Waals surface area contributed by atoms with Crippen molar-refractivity contribution in [2.75, 3.05) is 0 Å². The number of thiol groups is 1. The number of rotatable bonds is 1. The van der Waals surface area contributed by atoms with E-state index in [4.69, 9.17) is 5.84 Å². The molecule has 3 heteroatoms. The zero-order valence-electron chi connectivity index (χ0n) is 4.02. The molecular formula is C3H10N2S. The Morgan fingerprint density at radius 3 is 1.83 bits per heavy atom. The molecule has 0 saturated carbocycles. The summed E-state index contributed by atoms with van der Waals surface area (Å²) in [5.41, 5.74) is 2.47. The molecule has 0 bridgehead atoms. The number of nitrogens with two attached hydrogens (primary N) is 1. The summed E-state index contributed by atoms with van der Waals surface area (Å²) >= 11 is 4.02. The van der Waals surface area contributed by atoms with Crippen LogP contribution in [0, 0.1) is 0 Å². The van der Waals surface area contributed by atoms with Crippen molar-refractivity contribution in [3.63, 3.8) is 0 Å². The normalized spacial score (nSPS) is 12.0. The molecule has 2 nitrogen and oxygen atoms in total. The second-order valence-electron chi connectivity index (χ2n) is 1.70. The van der Waals surface area contributed by atoms with E-state index in [1.165, 1.54) is 0 Å². The van der Waals surface area contributed by atoms with Crippen LogP contribution in [0.25, 0.3) is 0 Å². The molecule has 6 heavy (non-hydrogen) atoms. The van der Waals surface area contributed by atoms with Gasteiger partial charge in [0.25, 0.3) is 0 Å². The van der Waals surface area contributed by atoms with Gasteiger partial charge in [-0.25, -0.2) is 5.43 Å². The van der Waals surface area contributed by atoms with Crippen LogP contribution in [-0.4, -0.2) is 4.87 Å². The third-order valence-electron chi connectivity index (χ3n) is 0.353. The molecule has 3 N–H and O–H groups in total. The van der Waals surface area contributed by atoms with Crippen molar-refractivity contribution in [1.29, 1.82) is 0 Å². The Balaban J connectivity index is 3.17. The monoisotopic (exact) mass is 106 g/mol. The molecule has 0 radical (unpaired) electrons. The van der Waals surface area contributed by atoms with Crippen LogP contribution < -0.4 is 11.3 Å². The summed E-state index contributed by atoms with van der Waals surface area (Å²) in [6, 6.07) is 0. The predicted octanol–water partition coefficient (Wildman–Crippen LogP) is 0.116. The van der Waals surface area contributed by atoms with Gasteiger partial charge in [0.2, 0.25) is 0 Å². The third kappa shape index (κ3) is 4.27. The van der Waals surface area contributed by atoms with Crippen LogP contribution in [0.1, 0.15) is 13.8 Å². The van der Waals surface area contributed by atoms with Gasteiger partial charge in [-0.05, 0) is 13.8 Å². The van der Waals surface area contributed by atoms with Crippen LogP contribution in [0.15, 0.2) is 0 Å². The maximum atomic E-state index is 4.98. The first kappa shape index (κ1) is 6.27. The lowest BCUT2D eigenvalue weighted by Gasteiger charge is -2.13. The zero-order chi connectivity index (χ0) is 5.21. The van der Waals surface area contributed by atoms with E-state index in [2.05, 4.69) is 18.1 Å². The standard InChI is InChI=1S/C3H10N2S/c1-3(2,6)5-4/h5-6H,4H2,1-2H3.